The van der Waals surface area contributed by atoms with Crippen LogP contribution in [0.5, 0.6) is 0 Å². The third kappa shape index (κ3) is 5.76. The molecule has 1 fully saturated rings. The Morgan fingerprint density at radius 3 is 2.27 bits per heavy atom. The van der Waals surface area contributed by atoms with Crippen LogP contribution in [0.3, 0.4) is 0 Å². The highest BCUT2D eigenvalue weighted by molar-refractivity contribution is 5.78. The molecule has 0 aliphatic heterocycles. The molecule has 0 radical (unpaired) electrons. The number of hydrogen-bond donors (Lipinski definition) is 5. The van der Waals surface area contributed by atoms with Crippen LogP contribution in [-0.2, 0) is 9.53 Å². The summed E-state index contributed by atoms with van der Waals surface area (Å²) >= 11 is 0. The summed E-state index contributed by atoms with van der Waals surface area (Å²) in [6.07, 6.45) is -0.635. The normalized spacial score (nSPS) is 25.0. The number of carbonyl (C=O) groups excluding carboxylic acids is 2. The molecule has 0 aromatic heterocycles. The minimum Gasteiger partial charge on any atom is -0.465 e. The molecule has 0 spiro atoms. The Morgan fingerprint density at radius 1 is 1.14 bits per heavy atom. The van der Waals surface area contributed by atoms with Crippen molar-refractivity contribution in [3.05, 3.63) is 0 Å². The minimum atomic E-state index is -1.18. The van der Waals surface area contributed by atoms with E-state index in [0.717, 1.165) is 0 Å². The Labute approximate surface area is 128 Å². The standard InChI is InChI=1S/C13H24N4O5/c1-13(2,3)22-12(21)16-9-6-7(10(18)17-14)4-5-8(9)15-11(19)20/h7-9,15H,4-6,14H2,1-3H3,(H,16,21)(H,17,18)(H,19,20)/t7-,8-,9+/m0/s1. The molecule has 1 saturated carbocycles. The number of carbonyl (C=O) groups is 3. The topological polar surface area (TPSA) is 143 Å². The molecule has 0 bridgehead atoms. The van der Waals surface area contributed by atoms with Crippen LogP contribution in [-0.4, -0.2) is 40.9 Å². The van der Waals surface area contributed by atoms with Crippen molar-refractivity contribution in [1.82, 2.24) is 16.1 Å². The molecule has 6 N–H and O–H groups in total. The molecular formula is C13H24N4O5. The third-order valence-electron chi connectivity index (χ3n) is 3.37. The van der Waals surface area contributed by atoms with Crippen LogP contribution in [0.25, 0.3) is 0 Å². The molecule has 3 amide bonds. The van der Waals surface area contributed by atoms with Crippen molar-refractivity contribution in [3.8, 4) is 0 Å². The van der Waals surface area contributed by atoms with E-state index in [-0.39, 0.29) is 18.2 Å². The molecule has 3 atom stereocenters. The number of carboxylic acid groups (broad SMARTS) is 1. The maximum Gasteiger partial charge on any atom is 0.407 e. The van der Waals surface area contributed by atoms with Gasteiger partial charge < -0.3 is 20.5 Å². The summed E-state index contributed by atoms with van der Waals surface area (Å²) in [5.41, 5.74) is 1.42. The average Bonchev–Trinajstić information content (AvgIpc) is 2.37. The van der Waals surface area contributed by atoms with Crippen LogP contribution in [0.1, 0.15) is 40.0 Å². The van der Waals surface area contributed by atoms with Gasteiger partial charge in [-0.1, -0.05) is 0 Å². The molecule has 1 aliphatic rings. The maximum absolute atomic E-state index is 11.9. The first-order chi connectivity index (χ1) is 10.1. The number of nitrogens with one attached hydrogen (secondary N) is 3. The highest BCUT2D eigenvalue weighted by Crippen LogP contribution is 2.25. The van der Waals surface area contributed by atoms with Gasteiger partial charge in [-0.05, 0) is 40.0 Å². The predicted molar refractivity (Wildman–Crippen MR) is 77.8 cm³/mol. The largest absolute Gasteiger partial charge is 0.465 e. The van der Waals surface area contributed by atoms with E-state index in [4.69, 9.17) is 15.7 Å². The smallest absolute Gasteiger partial charge is 0.407 e. The van der Waals surface area contributed by atoms with Crippen molar-refractivity contribution in [1.29, 1.82) is 0 Å². The van der Waals surface area contributed by atoms with Crippen molar-refractivity contribution in [2.24, 2.45) is 11.8 Å². The second-order valence-electron chi connectivity index (χ2n) is 6.33. The number of ether oxygens (including phenoxy) is 1. The highest BCUT2D eigenvalue weighted by Gasteiger charge is 2.36. The van der Waals surface area contributed by atoms with Gasteiger partial charge in [-0.15, -0.1) is 0 Å². The number of nitrogens with two attached hydrogens (primary N) is 1. The second-order valence-corrected chi connectivity index (χ2v) is 6.33. The summed E-state index contributed by atoms with van der Waals surface area (Å²) in [5.74, 6) is 4.42. The van der Waals surface area contributed by atoms with E-state index in [1.54, 1.807) is 20.8 Å². The lowest BCUT2D eigenvalue weighted by Crippen LogP contribution is -2.56. The van der Waals surface area contributed by atoms with E-state index in [1.807, 2.05) is 0 Å². The van der Waals surface area contributed by atoms with Gasteiger partial charge in [0.2, 0.25) is 5.91 Å². The van der Waals surface area contributed by atoms with Crippen molar-refractivity contribution in [2.45, 2.75) is 57.7 Å². The van der Waals surface area contributed by atoms with Gasteiger partial charge in [0.25, 0.3) is 0 Å². The first kappa shape index (κ1) is 18.0. The summed E-state index contributed by atoms with van der Waals surface area (Å²) < 4.78 is 5.17. The molecule has 1 rings (SSSR count). The van der Waals surface area contributed by atoms with Crippen LogP contribution in [0.4, 0.5) is 9.59 Å². The molecule has 0 unspecified atom stereocenters. The molecule has 9 nitrogen and oxygen atoms in total. The lowest BCUT2D eigenvalue weighted by Gasteiger charge is -2.35. The van der Waals surface area contributed by atoms with Crippen LogP contribution in [0, 0.1) is 5.92 Å². The van der Waals surface area contributed by atoms with Gasteiger partial charge in [0, 0.05) is 5.92 Å². The Morgan fingerprint density at radius 2 is 1.77 bits per heavy atom. The maximum atomic E-state index is 11.9. The molecule has 9 heteroatoms. The van der Waals surface area contributed by atoms with E-state index >= 15 is 0 Å². The highest BCUT2D eigenvalue weighted by atomic mass is 16.6. The zero-order valence-corrected chi connectivity index (χ0v) is 13.0. The SMILES string of the molecule is CC(C)(C)OC(=O)N[C@@H]1C[C@@H](C(=O)NN)CC[C@@H]1NC(=O)O. The fraction of sp³-hybridized carbons (Fsp3) is 0.769. The van der Waals surface area contributed by atoms with Crippen LogP contribution < -0.4 is 21.9 Å². The summed E-state index contributed by atoms with van der Waals surface area (Å²) in [5, 5.41) is 13.9. The van der Waals surface area contributed by atoms with Crippen molar-refractivity contribution in [3.63, 3.8) is 0 Å². The molecule has 0 saturated heterocycles. The minimum absolute atomic E-state index is 0.285. The van der Waals surface area contributed by atoms with Crippen molar-refractivity contribution < 1.29 is 24.2 Å². The molecule has 1 aliphatic carbocycles. The summed E-state index contributed by atoms with van der Waals surface area (Å²) in [6, 6.07) is -1.02. The first-order valence-electron chi connectivity index (χ1n) is 7.12. The van der Waals surface area contributed by atoms with E-state index < -0.39 is 29.9 Å². The average molecular weight is 316 g/mol. The fourth-order valence-corrected chi connectivity index (χ4v) is 2.48. The van der Waals surface area contributed by atoms with Gasteiger partial charge in [0.15, 0.2) is 0 Å². The number of hydrogen-bond acceptors (Lipinski definition) is 5. The van der Waals surface area contributed by atoms with Gasteiger partial charge in [0.05, 0.1) is 12.1 Å². The van der Waals surface area contributed by atoms with Crippen molar-refractivity contribution in [2.75, 3.05) is 0 Å². The Kier molecular flexibility index (Phi) is 5.98. The van der Waals surface area contributed by atoms with Gasteiger partial charge in [-0.25, -0.2) is 15.4 Å². The summed E-state index contributed by atoms with van der Waals surface area (Å²) in [6.45, 7) is 5.18. The summed E-state index contributed by atoms with van der Waals surface area (Å²) in [4.78, 5) is 34.4. The van der Waals surface area contributed by atoms with E-state index in [2.05, 4.69) is 16.1 Å². The van der Waals surface area contributed by atoms with Crippen LogP contribution >= 0.6 is 0 Å². The molecule has 126 valence electrons. The van der Waals surface area contributed by atoms with Crippen LogP contribution in [0.2, 0.25) is 0 Å². The number of rotatable bonds is 3. The number of alkyl carbamates (subject to hydrolysis) is 1. The zero-order valence-electron chi connectivity index (χ0n) is 13.0. The van der Waals surface area contributed by atoms with Gasteiger partial charge in [-0.3, -0.25) is 10.2 Å². The summed E-state index contributed by atoms with van der Waals surface area (Å²) in [7, 11) is 0. The Balaban J connectivity index is 2.74. The van der Waals surface area contributed by atoms with Crippen LogP contribution in [0.15, 0.2) is 0 Å². The quantitative estimate of drug-likeness (QED) is 0.288. The number of amides is 3. The lowest BCUT2D eigenvalue weighted by atomic mass is 9.82. The van der Waals surface area contributed by atoms with Gasteiger partial charge >= 0.3 is 12.2 Å². The molecule has 0 aromatic carbocycles. The number of hydrazine groups is 1. The zero-order chi connectivity index (χ0) is 16.9. The molecule has 0 aromatic rings. The second kappa shape index (κ2) is 7.30. The van der Waals surface area contributed by atoms with Gasteiger partial charge in [-0.2, -0.15) is 0 Å². The van der Waals surface area contributed by atoms with Gasteiger partial charge in [0.1, 0.15) is 5.60 Å². The van der Waals surface area contributed by atoms with Crippen molar-refractivity contribution >= 4 is 18.1 Å². The first-order valence-corrected chi connectivity index (χ1v) is 7.12. The predicted octanol–water partition coefficient (Wildman–Crippen LogP) is 0.306. The molecule has 22 heavy (non-hydrogen) atoms. The van der Waals surface area contributed by atoms with E-state index in [9.17, 15) is 14.4 Å². The Hall–Kier alpha value is -2.03. The Bertz CT molecular complexity index is 435. The van der Waals surface area contributed by atoms with E-state index in [0.29, 0.717) is 12.8 Å². The molecule has 0 heterocycles. The lowest BCUT2D eigenvalue weighted by molar-refractivity contribution is -0.126. The third-order valence-corrected chi connectivity index (χ3v) is 3.37. The fourth-order valence-electron chi connectivity index (χ4n) is 2.48. The van der Waals surface area contributed by atoms with E-state index in [1.165, 1.54) is 0 Å². The monoisotopic (exact) mass is 316 g/mol. The molecular weight excluding hydrogens is 292 g/mol.